The van der Waals surface area contributed by atoms with Gasteiger partial charge in [0.15, 0.2) is 11.2 Å². The van der Waals surface area contributed by atoms with E-state index in [4.69, 9.17) is 9.47 Å². The molecule has 0 rings (SSSR count). The maximum Gasteiger partial charge on any atom is 1.00 e. The van der Waals surface area contributed by atoms with Crippen molar-refractivity contribution in [3.63, 3.8) is 0 Å². The molecule has 9 nitrogen and oxygen atoms in total. The summed E-state index contributed by atoms with van der Waals surface area (Å²) in [6, 6.07) is 0. The molecule has 212 valence electrons. The third-order valence-electron chi connectivity index (χ3n) is 3.33. The van der Waals surface area contributed by atoms with Crippen LogP contribution in [-0.2, 0) is 32.9 Å². The molecular formula is C25H45Na2O9PS. The van der Waals surface area contributed by atoms with Gasteiger partial charge in [0.1, 0.15) is 6.61 Å². The van der Waals surface area contributed by atoms with E-state index in [1.54, 1.807) is 6.92 Å². The van der Waals surface area contributed by atoms with Gasteiger partial charge in [-0.15, -0.1) is 12.6 Å². The van der Waals surface area contributed by atoms with Gasteiger partial charge in [-0.05, 0) is 60.7 Å². The molecule has 0 spiro atoms. The van der Waals surface area contributed by atoms with E-state index in [1.807, 2.05) is 0 Å². The van der Waals surface area contributed by atoms with E-state index in [2.05, 4.69) is 83.3 Å². The van der Waals surface area contributed by atoms with Crippen molar-refractivity contribution in [1.82, 2.24) is 0 Å². The summed E-state index contributed by atoms with van der Waals surface area (Å²) in [5, 5.41) is -0.139. The average Bonchev–Trinajstić information content (AvgIpc) is 2.78. The van der Waals surface area contributed by atoms with E-state index < -0.39 is 39.1 Å². The monoisotopic (exact) mass is 598 g/mol. The molecule has 0 radical (unpaired) electrons. The van der Waals surface area contributed by atoms with Crippen molar-refractivity contribution in [3.8, 4) is 59.2 Å². The Labute approximate surface area is 288 Å². The second kappa shape index (κ2) is 30.4. The van der Waals surface area contributed by atoms with E-state index >= 15 is 0 Å². The van der Waals surface area contributed by atoms with Crippen molar-refractivity contribution in [2.45, 2.75) is 65.4 Å². The molecule has 0 aromatic heterocycles. The van der Waals surface area contributed by atoms with Gasteiger partial charge in [-0.25, -0.2) is 4.79 Å². The average molecular weight is 599 g/mol. The Bertz CT molecular complexity index is 1110. The normalized spacial score (nSPS) is 9.11. The predicted octanol–water partition coefficient (Wildman–Crippen LogP) is -2.63. The number of hydrogen-bond donors (Lipinski definition) is 1. The minimum atomic E-state index is -5.29. The van der Waals surface area contributed by atoms with E-state index in [-0.39, 0.29) is 83.5 Å². The maximum atomic E-state index is 11.9. The smallest absolute Gasteiger partial charge is 0.790 e. The van der Waals surface area contributed by atoms with E-state index in [0.717, 1.165) is 25.7 Å². The first-order valence-electron chi connectivity index (χ1n) is 10.7. The Kier molecular flexibility index (Phi) is 35.1. The van der Waals surface area contributed by atoms with Crippen LogP contribution in [0.25, 0.3) is 0 Å². The minimum absolute atomic E-state index is 0. The number of thiol groups is 1. The molecule has 0 aliphatic rings. The molecule has 13 heteroatoms. The van der Waals surface area contributed by atoms with Gasteiger partial charge in [-0.3, -0.25) is 9.59 Å². The van der Waals surface area contributed by atoms with Gasteiger partial charge < -0.3 is 28.3 Å². The topological polar surface area (TPSA) is 142 Å². The Balaban J connectivity index is -0.0000000660. The largest absolute Gasteiger partial charge is 1.00 e. The van der Waals surface area contributed by atoms with Crippen LogP contribution in [0.1, 0.15) is 72.1 Å². The van der Waals surface area contributed by atoms with Crippen LogP contribution < -0.4 is 68.9 Å². The van der Waals surface area contributed by atoms with Crippen molar-refractivity contribution >= 4 is 37.5 Å². The van der Waals surface area contributed by atoms with Crippen LogP contribution in [0.2, 0.25) is 0 Å². The van der Waals surface area contributed by atoms with Crippen LogP contribution in [0.4, 0.5) is 0 Å². The number of unbranched alkanes of at least 4 members (excludes halogenated alkanes) is 4. The summed E-state index contributed by atoms with van der Waals surface area (Å²) in [5.41, 5.74) is 0. The second-order valence-electron chi connectivity index (χ2n) is 6.51. The molecule has 0 aromatic carbocycles. The fraction of sp³-hybridized carbons (Fsp3) is 0.480. The van der Waals surface area contributed by atoms with Crippen LogP contribution in [0.15, 0.2) is 0 Å². The molecule has 0 aliphatic heterocycles. The molecule has 0 fully saturated rings. The summed E-state index contributed by atoms with van der Waals surface area (Å²) in [6.45, 7) is 3.78. The number of carbonyl (C=O) groups is 3. The molecule has 0 N–H and O–H groups in total. The SMILES string of the molecule is CC#CC#CC#CC#CC#CC(=O)OC[C@@H](COP(=O)([O-])[O-])OC(=O)CCCCCCC.CC(=O)S.[HH].[HH].[HH].[HH].[HH].[HH].[HH].[HH].[HH].[Na+].[Na+]. The molecule has 0 heterocycles. The fourth-order valence-electron chi connectivity index (χ4n) is 1.95. The molecular weight excluding hydrogens is 553 g/mol. The summed E-state index contributed by atoms with van der Waals surface area (Å²) < 4.78 is 24.6. The zero-order valence-electron chi connectivity index (χ0n) is 22.3. The standard InChI is InChI=1S/C23H25O8P.C2H4OS.2Na.9H2/c1-3-5-7-9-10-11-12-14-15-17-22(24)29-19-21(20-30-32(26,27)28)31-23(25)18-16-13-8-6-4-2;1-2(3)4;;;;;;;;;;;/h21H,4,6,8,13,16,18-20H2,1-2H3,(H2,26,27,28);1H3,(H,3,4);;;9*1H/q;;2*+1;;;;;;;;;/p-2/t21-;;;;;;;;;;;;/m0............/s1. The van der Waals surface area contributed by atoms with Crippen molar-refractivity contribution in [2.24, 2.45) is 0 Å². The fourth-order valence-corrected chi connectivity index (χ4v) is 2.29. The molecule has 0 aromatic rings. The zero-order chi connectivity index (χ0) is 27.7. The van der Waals surface area contributed by atoms with Crippen molar-refractivity contribution < 1.29 is 115 Å². The molecule has 0 unspecified atom stereocenters. The maximum absolute atomic E-state index is 11.9. The van der Waals surface area contributed by atoms with Crippen LogP contribution in [0.3, 0.4) is 0 Å². The molecule has 38 heavy (non-hydrogen) atoms. The predicted molar refractivity (Wildman–Crippen MR) is 151 cm³/mol. The summed E-state index contributed by atoms with van der Waals surface area (Å²) >= 11 is 3.33. The Morgan fingerprint density at radius 3 is 1.89 bits per heavy atom. The number of carbonyl (C=O) groups excluding carboxylic acids is 3. The number of phosphoric acid groups is 1. The number of hydrogen-bond acceptors (Lipinski definition) is 9. The van der Waals surface area contributed by atoms with Crippen LogP contribution in [0, 0.1) is 59.2 Å². The van der Waals surface area contributed by atoms with Gasteiger partial charge in [0.2, 0.25) is 0 Å². The van der Waals surface area contributed by atoms with E-state index in [1.165, 1.54) is 6.92 Å². The Hall–Kier alpha value is -1.13. The second-order valence-corrected chi connectivity index (χ2v) is 8.29. The van der Waals surface area contributed by atoms with Gasteiger partial charge in [-0.2, -0.15) is 0 Å². The van der Waals surface area contributed by atoms with Crippen molar-refractivity contribution in [2.75, 3.05) is 13.2 Å². The summed E-state index contributed by atoms with van der Waals surface area (Å²) in [4.78, 5) is 54.2. The molecule has 0 bridgehead atoms. The summed E-state index contributed by atoms with van der Waals surface area (Å²) in [5.74, 6) is 22.0. The number of ether oxygens (including phenoxy) is 2. The molecule has 0 amide bonds. The first-order chi connectivity index (χ1) is 17.0. The first kappa shape index (κ1) is 43.9. The van der Waals surface area contributed by atoms with Crippen molar-refractivity contribution in [1.29, 1.82) is 0 Å². The van der Waals surface area contributed by atoms with Gasteiger partial charge in [0.05, 0.1) is 14.4 Å². The van der Waals surface area contributed by atoms with Gasteiger partial charge in [0.25, 0.3) is 0 Å². The Morgan fingerprint density at radius 1 is 0.895 bits per heavy atom. The summed E-state index contributed by atoms with van der Waals surface area (Å²) in [7, 11) is -5.29. The minimum Gasteiger partial charge on any atom is -0.790 e. The molecule has 1 atom stereocenters. The zero-order valence-corrected chi connectivity index (χ0v) is 28.1. The first-order valence-corrected chi connectivity index (χ1v) is 12.6. The number of phosphoric ester groups is 1. The van der Waals surface area contributed by atoms with Crippen LogP contribution in [0.5, 0.6) is 0 Å². The van der Waals surface area contributed by atoms with Gasteiger partial charge in [-0.1, -0.05) is 38.5 Å². The third kappa shape index (κ3) is 39.4. The molecule has 0 saturated carbocycles. The van der Waals surface area contributed by atoms with E-state index in [0.29, 0.717) is 6.42 Å². The van der Waals surface area contributed by atoms with Crippen LogP contribution in [-0.4, -0.2) is 36.4 Å². The van der Waals surface area contributed by atoms with Gasteiger partial charge in [0, 0.05) is 32.1 Å². The van der Waals surface area contributed by atoms with Crippen LogP contribution >= 0.6 is 20.5 Å². The Morgan fingerprint density at radius 2 is 1.39 bits per heavy atom. The quantitative estimate of drug-likeness (QED) is 0.0486. The van der Waals surface area contributed by atoms with E-state index in [9.17, 15) is 28.7 Å². The number of rotatable bonds is 12. The molecule has 0 saturated heterocycles. The van der Waals surface area contributed by atoms with Gasteiger partial charge >= 0.3 is 71.1 Å². The third-order valence-corrected chi connectivity index (χ3v) is 3.79. The number of esters is 2. The summed E-state index contributed by atoms with van der Waals surface area (Å²) in [6.07, 6.45) is 3.37. The van der Waals surface area contributed by atoms with Crippen molar-refractivity contribution in [3.05, 3.63) is 0 Å². The molecule has 0 aliphatic carbocycles.